The first-order valence-corrected chi connectivity index (χ1v) is 12.0. The molecule has 0 saturated heterocycles. The van der Waals surface area contributed by atoms with E-state index in [0.29, 0.717) is 6.42 Å². The molecule has 3 rings (SSSR count). The molecule has 1 atom stereocenters. The Hall–Kier alpha value is -3.35. The largest absolute Gasteiger partial charge is 0.481 e. The zero-order chi connectivity index (χ0) is 25.8. The minimum Gasteiger partial charge on any atom is -0.481 e. The van der Waals surface area contributed by atoms with Crippen LogP contribution in [0.1, 0.15) is 64.5 Å². The smallest absolute Gasteiger partial charge is 0.407 e. The first-order valence-electron chi connectivity index (χ1n) is 12.0. The summed E-state index contributed by atoms with van der Waals surface area (Å²) in [5.41, 5.74) is 3.29. The lowest BCUT2D eigenvalue weighted by Gasteiger charge is -2.31. The first kappa shape index (κ1) is 26.3. The number of ether oxygens (including phenoxy) is 1. The van der Waals surface area contributed by atoms with E-state index in [0.717, 1.165) is 22.3 Å². The van der Waals surface area contributed by atoms with Crippen LogP contribution in [0.4, 0.5) is 4.79 Å². The predicted molar refractivity (Wildman–Crippen MR) is 135 cm³/mol. The van der Waals surface area contributed by atoms with Gasteiger partial charge in [-0.3, -0.25) is 9.59 Å². The maximum Gasteiger partial charge on any atom is 0.407 e. The Balaban J connectivity index is 1.58. The molecule has 35 heavy (non-hydrogen) atoms. The monoisotopic (exact) mass is 480 g/mol. The minimum absolute atomic E-state index is 0.0397. The maximum absolute atomic E-state index is 12.8. The summed E-state index contributed by atoms with van der Waals surface area (Å²) in [6, 6.07) is 15.8. The van der Waals surface area contributed by atoms with E-state index in [1.807, 2.05) is 45.0 Å². The number of alkyl carbamates (subject to hydrolysis) is 1. The number of carbonyl (C=O) groups is 3. The molecule has 1 aliphatic carbocycles. The predicted octanol–water partition coefficient (Wildman–Crippen LogP) is 4.95. The summed E-state index contributed by atoms with van der Waals surface area (Å²) in [6.45, 7) is 9.54. The van der Waals surface area contributed by atoms with Crippen molar-refractivity contribution in [3.05, 3.63) is 59.7 Å². The van der Waals surface area contributed by atoms with Crippen LogP contribution in [-0.4, -0.2) is 42.3 Å². The van der Waals surface area contributed by atoms with Gasteiger partial charge in [-0.05, 0) is 47.9 Å². The van der Waals surface area contributed by atoms with Crippen LogP contribution >= 0.6 is 0 Å². The van der Waals surface area contributed by atoms with Crippen molar-refractivity contribution < 1.29 is 24.2 Å². The van der Waals surface area contributed by atoms with Crippen LogP contribution in [0, 0.1) is 10.8 Å². The van der Waals surface area contributed by atoms with Gasteiger partial charge in [-0.25, -0.2) is 4.79 Å². The summed E-state index contributed by atoms with van der Waals surface area (Å²) in [5.74, 6) is -1.19. The average Bonchev–Trinajstić information content (AvgIpc) is 3.10. The zero-order valence-electron chi connectivity index (χ0n) is 21.2. The quantitative estimate of drug-likeness (QED) is 0.471. The summed E-state index contributed by atoms with van der Waals surface area (Å²) >= 11 is 0. The zero-order valence-corrected chi connectivity index (χ0v) is 21.2. The highest BCUT2D eigenvalue weighted by Crippen LogP contribution is 2.44. The summed E-state index contributed by atoms with van der Waals surface area (Å²) in [6.07, 6.45) is -0.179. The normalized spacial score (nSPS) is 14.0. The summed E-state index contributed by atoms with van der Waals surface area (Å²) in [5, 5.41) is 14.9. The van der Waals surface area contributed by atoms with Gasteiger partial charge < -0.3 is 20.5 Å². The Morgan fingerprint density at radius 3 is 2.00 bits per heavy atom. The number of carboxylic acids is 1. The third kappa shape index (κ3) is 6.41. The number of carboxylic acid groups (broad SMARTS) is 1. The fourth-order valence-electron chi connectivity index (χ4n) is 4.23. The molecule has 1 aliphatic rings. The van der Waals surface area contributed by atoms with E-state index in [9.17, 15) is 19.5 Å². The Kier molecular flexibility index (Phi) is 7.88. The molecule has 0 spiro atoms. The SMILES string of the molecule is CC(C)(CCNC(=O)CC(NC(=O)OCC1c2ccccc2-c2ccccc21)C(C)(C)C)C(=O)O. The summed E-state index contributed by atoms with van der Waals surface area (Å²) in [7, 11) is 0. The van der Waals surface area contributed by atoms with Crippen molar-refractivity contribution in [2.24, 2.45) is 10.8 Å². The Morgan fingerprint density at radius 2 is 1.49 bits per heavy atom. The van der Waals surface area contributed by atoms with E-state index >= 15 is 0 Å². The van der Waals surface area contributed by atoms with Crippen LogP contribution in [0.15, 0.2) is 48.5 Å². The number of fused-ring (bicyclic) bond motifs is 3. The highest BCUT2D eigenvalue weighted by molar-refractivity contribution is 5.80. The van der Waals surface area contributed by atoms with Gasteiger partial charge in [-0.2, -0.15) is 0 Å². The molecule has 0 aromatic heterocycles. The lowest BCUT2D eigenvalue weighted by molar-refractivity contribution is -0.147. The van der Waals surface area contributed by atoms with E-state index in [-0.39, 0.29) is 36.8 Å². The van der Waals surface area contributed by atoms with E-state index in [2.05, 4.69) is 34.9 Å². The molecule has 7 nitrogen and oxygen atoms in total. The number of benzene rings is 2. The van der Waals surface area contributed by atoms with E-state index in [1.165, 1.54) is 0 Å². The third-order valence-corrected chi connectivity index (χ3v) is 6.72. The topological polar surface area (TPSA) is 105 Å². The molecule has 0 heterocycles. The van der Waals surface area contributed by atoms with Crippen molar-refractivity contribution in [3.8, 4) is 11.1 Å². The summed E-state index contributed by atoms with van der Waals surface area (Å²) < 4.78 is 5.65. The average molecular weight is 481 g/mol. The van der Waals surface area contributed by atoms with E-state index in [1.54, 1.807) is 13.8 Å². The first-order chi connectivity index (χ1) is 16.4. The van der Waals surface area contributed by atoms with Crippen LogP contribution in [0.25, 0.3) is 11.1 Å². The molecule has 2 aromatic rings. The second-order valence-corrected chi connectivity index (χ2v) is 10.9. The molecular weight excluding hydrogens is 444 g/mol. The van der Waals surface area contributed by atoms with Gasteiger partial charge in [0, 0.05) is 24.9 Å². The second-order valence-electron chi connectivity index (χ2n) is 10.9. The number of amides is 2. The van der Waals surface area contributed by atoms with Crippen LogP contribution in [0.5, 0.6) is 0 Å². The summed E-state index contributed by atoms with van der Waals surface area (Å²) in [4.78, 5) is 36.5. The molecule has 2 aromatic carbocycles. The van der Waals surface area contributed by atoms with Crippen LogP contribution in [0.3, 0.4) is 0 Å². The van der Waals surface area contributed by atoms with Crippen LogP contribution < -0.4 is 10.6 Å². The lowest BCUT2D eigenvalue weighted by Crippen LogP contribution is -2.47. The number of hydrogen-bond acceptors (Lipinski definition) is 4. The molecule has 0 aliphatic heterocycles. The van der Waals surface area contributed by atoms with Crippen molar-refractivity contribution in [1.29, 1.82) is 0 Å². The molecule has 0 fully saturated rings. The number of hydrogen-bond donors (Lipinski definition) is 3. The van der Waals surface area contributed by atoms with Crippen molar-refractivity contribution in [3.63, 3.8) is 0 Å². The molecule has 0 bridgehead atoms. The molecule has 2 amide bonds. The number of nitrogens with one attached hydrogen (secondary N) is 2. The Labute approximate surface area is 207 Å². The molecule has 3 N–H and O–H groups in total. The van der Waals surface area contributed by atoms with Gasteiger partial charge >= 0.3 is 12.1 Å². The fourth-order valence-corrected chi connectivity index (χ4v) is 4.23. The van der Waals surface area contributed by atoms with Gasteiger partial charge in [0.1, 0.15) is 6.61 Å². The molecular formula is C28H36N2O5. The molecule has 0 radical (unpaired) electrons. The third-order valence-electron chi connectivity index (χ3n) is 6.72. The van der Waals surface area contributed by atoms with Crippen molar-refractivity contribution in [2.75, 3.05) is 13.2 Å². The van der Waals surface area contributed by atoms with E-state index in [4.69, 9.17) is 4.74 Å². The van der Waals surface area contributed by atoms with Gasteiger partial charge in [-0.15, -0.1) is 0 Å². The minimum atomic E-state index is -0.920. The Morgan fingerprint density at radius 1 is 0.943 bits per heavy atom. The van der Waals surface area contributed by atoms with Gasteiger partial charge in [0.15, 0.2) is 0 Å². The van der Waals surface area contributed by atoms with Gasteiger partial charge in [0.25, 0.3) is 0 Å². The van der Waals surface area contributed by atoms with E-state index < -0.39 is 23.5 Å². The van der Waals surface area contributed by atoms with Gasteiger partial charge in [0.05, 0.1) is 5.41 Å². The number of rotatable bonds is 9. The molecule has 1 unspecified atom stereocenters. The number of aliphatic carboxylic acids is 1. The lowest BCUT2D eigenvalue weighted by atomic mass is 9.84. The number of carbonyl (C=O) groups excluding carboxylic acids is 2. The molecule has 7 heteroatoms. The molecule has 0 saturated carbocycles. The van der Waals surface area contributed by atoms with Gasteiger partial charge in [0.2, 0.25) is 5.91 Å². The highest BCUT2D eigenvalue weighted by Gasteiger charge is 2.32. The maximum atomic E-state index is 12.8. The van der Waals surface area contributed by atoms with Crippen LogP contribution in [0.2, 0.25) is 0 Å². The highest BCUT2D eigenvalue weighted by atomic mass is 16.5. The standard InChI is InChI=1S/C28H36N2O5/c1-27(2,3)23(16-24(31)29-15-14-28(4,5)25(32)33)30-26(34)35-17-22-20-12-8-6-10-18(20)19-11-7-9-13-21(19)22/h6-13,22-23H,14-17H2,1-5H3,(H,29,31)(H,30,34)(H,32,33). The van der Waals surface area contributed by atoms with Crippen molar-refractivity contribution in [1.82, 2.24) is 10.6 Å². The fraction of sp³-hybridized carbons (Fsp3) is 0.464. The second kappa shape index (κ2) is 10.5. The molecule has 188 valence electrons. The van der Waals surface area contributed by atoms with Gasteiger partial charge in [-0.1, -0.05) is 69.3 Å². The Bertz CT molecular complexity index is 1040. The van der Waals surface area contributed by atoms with Crippen molar-refractivity contribution in [2.45, 2.75) is 59.4 Å². The van der Waals surface area contributed by atoms with Crippen molar-refractivity contribution >= 4 is 18.0 Å². The van der Waals surface area contributed by atoms with Crippen LogP contribution in [-0.2, 0) is 14.3 Å².